The third kappa shape index (κ3) is 3.20. The smallest absolute Gasteiger partial charge is 0.229 e. The summed E-state index contributed by atoms with van der Waals surface area (Å²) in [5.41, 5.74) is 5.07. The van der Waals surface area contributed by atoms with E-state index in [1.165, 1.54) is 11.3 Å². The van der Waals surface area contributed by atoms with Gasteiger partial charge in [-0.05, 0) is 26.0 Å². The molecule has 0 saturated carbocycles. The lowest BCUT2D eigenvalue weighted by atomic mass is 9.92. The minimum absolute atomic E-state index is 0.0551. The lowest BCUT2D eigenvalue weighted by Gasteiger charge is -2.27. The molecule has 1 aromatic rings. The molecule has 1 heterocycles. The molecule has 1 amide bonds. The van der Waals surface area contributed by atoms with E-state index in [4.69, 9.17) is 17.3 Å². The van der Waals surface area contributed by atoms with Gasteiger partial charge in [-0.15, -0.1) is 11.3 Å². The van der Waals surface area contributed by atoms with Gasteiger partial charge >= 0.3 is 0 Å². The van der Waals surface area contributed by atoms with Crippen LogP contribution in [0, 0.1) is 5.41 Å². The second-order valence-electron chi connectivity index (χ2n) is 4.46. The average molecular weight is 261 g/mol. The van der Waals surface area contributed by atoms with E-state index in [-0.39, 0.29) is 5.91 Å². The molecule has 0 radical (unpaired) electrons. The number of rotatable bonds is 4. The number of hydrogen-bond donors (Lipinski definition) is 1. The van der Waals surface area contributed by atoms with Crippen molar-refractivity contribution in [2.45, 2.75) is 20.4 Å². The normalized spacial score (nSPS) is 11.6. The largest absolute Gasteiger partial charge is 0.340 e. The zero-order chi connectivity index (χ0) is 12.3. The SMILES string of the molecule is CN(Cc1ccc(Cl)s1)C(=O)C(C)(C)CN. The fourth-order valence-electron chi connectivity index (χ4n) is 1.35. The minimum Gasteiger partial charge on any atom is -0.340 e. The van der Waals surface area contributed by atoms with Crippen LogP contribution in [0.25, 0.3) is 0 Å². The third-order valence-electron chi connectivity index (χ3n) is 2.46. The van der Waals surface area contributed by atoms with Crippen LogP contribution >= 0.6 is 22.9 Å². The number of thiophene rings is 1. The van der Waals surface area contributed by atoms with Crippen LogP contribution < -0.4 is 5.73 Å². The maximum atomic E-state index is 12.0. The Morgan fingerprint density at radius 2 is 2.19 bits per heavy atom. The number of carbonyl (C=O) groups is 1. The molecule has 0 saturated heterocycles. The molecule has 1 rings (SSSR count). The van der Waals surface area contributed by atoms with Crippen molar-refractivity contribution in [1.29, 1.82) is 0 Å². The highest BCUT2D eigenvalue weighted by molar-refractivity contribution is 7.16. The molecule has 0 atom stereocenters. The summed E-state index contributed by atoms with van der Waals surface area (Å²) in [6, 6.07) is 3.78. The van der Waals surface area contributed by atoms with Gasteiger partial charge in [-0.3, -0.25) is 4.79 Å². The van der Waals surface area contributed by atoms with Gasteiger partial charge in [-0.2, -0.15) is 0 Å². The molecule has 5 heteroatoms. The summed E-state index contributed by atoms with van der Waals surface area (Å²) in [7, 11) is 1.79. The van der Waals surface area contributed by atoms with Crippen LogP contribution in [-0.4, -0.2) is 24.4 Å². The van der Waals surface area contributed by atoms with E-state index in [1.807, 2.05) is 26.0 Å². The molecule has 16 heavy (non-hydrogen) atoms. The molecule has 0 aromatic carbocycles. The summed E-state index contributed by atoms with van der Waals surface area (Å²) in [6.45, 7) is 4.64. The first kappa shape index (κ1) is 13.5. The Balaban J connectivity index is 2.65. The molecular weight excluding hydrogens is 244 g/mol. The lowest BCUT2D eigenvalue weighted by molar-refractivity contribution is -0.138. The number of hydrogen-bond acceptors (Lipinski definition) is 3. The minimum atomic E-state index is -0.504. The monoisotopic (exact) mass is 260 g/mol. The molecule has 0 aliphatic rings. The molecule has 1 aromatic heterocycles. The molecule has 3 nitrogen and oxygen atoms in total. The van der Waals surface area contributed by atoms with Crippen molar-refractivity contribution >= 4 is 28.8 Å². The van der Waals surface area contributed by atoms with E-state index in [9.17, 15) is 4.79 Å². The third-order valence-corrected chi connectivity index (χ3v) is 3.67. The summed E-state index contributed by atoms with van der Waals surface area (Å²) in [5, 5.41) is 0. The van der Waals surface area contributed by atoms with Crippen LogP contribution in [0.3, 0.4) is 0 Å². The molecule has 0 unspecified atom stereocenters. The number of amides is 1. The van der Waals surface area contributed by atoms with Gasteiger partial charge in [0.1, 0.15) is 0 Å². The zero-order valence-corrected chi connectivity index (χ0v) is 11.4. The molecular formula is C11H17ClN2OS. The first-order valence-electron chi connectivity index (χ1n) is 5.06. The Bertz CT molecular complexity index is 376. The van der Waals surface area contributed by atoms with E-state index < -0.39 is 5.41 Å². The van der Waals surface area contributed by atoms with Gasteiger partial charge in [0.05, 0.1) is 16.3 Å². The second-order valence-corrected chi connectivity index (χ2v) is 6.25. The van der Waals surface area contributed by atoms with Crippen LogP contribution in [-0.2, 0) is 11.3 Å². The highest BCUT2D eigenvalue weighted by Crippen LogP contribution is 2.24. The van der Waals surface area contributed by atoms with Crippen LogP contribution in [0.4, 0.5) is 0 Å². The molecule has 0 bridgehead atoms. The summed E-state index contributed by atoms with van der Waals surface area (Å²) >= 11 is 7.33. The summed E-state index contributed by atoms with van der Waals surface area (Å²) in [5.74, 6) is 0.0551. The fraction of sp³-hybridized carbons (Fsp3) is 0.545. The molecule has 0 aliphatic carbocycles. The topological polar surface area (TPSA) is 46.3 Å². The van der Waals surface area contributed by atoms with Gasteiger partial charge in [0.25, 0.3) is 0 Å². The standard InChI is InChI=1S/C11H17ClN2OS/c1-11(2,7-13)10(15)14(3)6-8-4-5-9(12)16-8/h4-5H,6-7,13H2,1-3H3. The van der Waals surface area contributed by atoms with Crippen LogP contribution in [0.5, 0.6) is 0 Å². The second kappa shape index (κ2) is 5.17. The van der Waals surface area contributed by atoms with E-state index in [0.717, 1.165) is 9.21 Å². The Kier molecular flexibility index (Phi) is 4.35. The van der Waals surface area contributed by atoms with Gasteiger partial charge in [0.2, 0.25) is 5.91 Å². The van der Waals surface area contributed by atoms with Crippen LogP contribution in [0.1, 0.15) is 18.7 Å². The highest BCUT2D eigenvalue weighted by Gasteiger charge is 2.28. The number of carbonyl (C=O) groups excluding carboxylic acids is 1. The Morgan fingerprint density at radius 3 is 2.62 bits per heavy atom. The van der Waals surface area contributed by atoms with Gasteiger partial charge in [0.15, 0.2) is 0 Å². The first-order valence-corrected chi connectivity index (χ1v) is 6.26. The molecule has 90 valence electrons. The fourth-order valence-corrected chi connectivity index (χ4v) is 2.49. The Morgan fingerprint density at radius 1 is 1.56 bits per heavy atom. The quantitative estimate of drug-likeness (QED) is 0.903. The first-order chi connectivity index (χ1) is 7.36. The van der Waals surface area contributed by atoms with Gasteiger partial charge in [0, 0.05) is 18.5 Å². The van der Waals surface area contributed by atoms with Gasteiger partial charge < -0.3 is 10.6 Å². The van der Waals surface area contributed by atoms with Crippen LogP contribution in [0.15, 0.2) is 12.1 Å². The van der Waals surface area contributed by atoms with Crippen molar-refractivity contribution in [2.75, 3.05) is 13.6 Å². The van der Waals surface area contributed by atoms with Crippen molar-refractivity contribution in [3.8, 4) is 0 Å². The van der Waals surface area contributed by atoms with Crippen LogP contribution in [0.2, 0.25) is 4.34 Å². The van der Waals surface area contributed by atoms with Gasteiger partial charge in [-0.25, -0.2) is 0 Å². The molecule has 0 aliphatic heterocycles. The van der Waals surface area contributed by atoms with E-state index in [1.54, 1.807) is 11.9 Å². The molecule has 0 fully saturated rings. The highest BCUT2D eigenvalue weighted by atomic mass is 35.5. The summed E-state index contributed by atoms with van der Waals surface area (Å²) < 4.78 is 0.744. The van der Waals surface area contributed by atoms with E-state index >= 15 is 0 Å². The number of nitrogens with two attached hydrogens (primary N) is 1. The van der Waals surface area contributed by atoms with Crippen molar-refractivity contribution < 1.29 is 4.79 Å². The maximum Gasteiger partial charge on any atom is 0.229 e. The summed E-state index contributed by atoms with van der Waals surface area (Å²) in [6.07, 6.45) is 0. The predicted molar refractivity (Wildman–Crippen MR) is 68.6 cm³/mol. The summed E-state index contributed by atoms with van der Waals surface area (Å²) in [4.78, 5) is 14.8. The zero-order valence-electron chi connectivity index (χ0n) is 9.79. The molecule has 0 spiro atoms. The maximum absolute atomic E-state index is 12.0. The average Bonchev–Trinajstić information content (AvgIpc) is 2.62. The van der Waals surface area contributed by atoms with Gasteiger partial charge in [-0.1, -0.05) is 11.6 Å². The Labute approximate surface area is 105 Å². The number of halogens is 1. The van der Waals surface area contributed by atoms with Crippen molar-refractivity contribution in [3.63, 3.8) is 0 Å². The van der Waals surface area contributed by atoms with Crippen molar-refractivity contribution in [2.24, 2.45) is 11.1 Å². The molecule has 2 N–H and O–H groups in total. The van der Waals surface area contributed by atoms with Crippen molar-refractivity contribution in [3.05, 3.63) is 21.3 Å². The van der Waals surface area contributed by atoms with Crippen molar-refractivity contribution in [1.82, 2.24) is 4.90 Å². The van der Waals surface area contributed by atoms with E-state index in [0.29, 0.717) is 13.1 Å². The van der Waals surface area contributed by atoms with E-state index in [2.05, 4.69) is 0 Å². The number of nitrogens with zero attached hydrogens (tertiary/aromatic N) is 1. The lowest BCUT2D eigenvalue weighted by Crippen LogP contribution is -2.42. The predicted octanol–water partition coefficient (Wildman–Crippen LogP) is 2.34. The Hall–Kier alpha value is -0.580.